The Morgan fingerprint density at radius 2 is 2.20 bits per heavy atom. The molecule has 15 heavy (non-hydrogen) atoms. The summed E-state index contributed by atoms with van der Waals surface area (Å²) in [5.74, 6) is 0.204. The summed E-state index contributed by atoms with van der Waals surface area (Å²) in [6.45, 7) is 0. The summed E-state index contributed by atoms with van der Waals surface area (Å²) in [7, 11) is 1.44. The Morgan fingerprint density at radius 1 is 1.53 bits per heavy atom. The number of halogens is 1. The van der Waals surface area contributed by atoms with Crippen LogP contribution in [0.2, 0.25) is 0 Å². The van der Waals surface area contributed by atoms with E-state index in [1.54, 1.807) is 0 Å². The highest BCUT2D eigenvalue weighted by molar-refractivity contribution is 7.70. The van der Waals surface area contributed by atoms with Gasteiger partial charge in [-0.2, -0.15) is 0 Å². The lowest BCUT2D eigenvalue weighted by molar-refractivity contribution is -0.106. The predicted octanol–water partition coefficient (Wildman–Crippen LogP) is 0.900. The molecule has 0 aliphatic heterocycles. The molecule has 1 rings (SSSR count). The number of carbonyl (C=O) groups is 1. The minimum atomic E-state index is -0.893. The van der Waals surface area contributed by atoms with Crippen molar-refractivity contribution in [2.45, 2.75) is 0 Å². The molecule has 0 bridgehead atoms. The van der Waals surface area contributed by atoms with Crippen LogP contribution in [0.1, 0.15) is 5.56 Å². The van der Waals surface area contributed by atoms with Crippen molar-refractivity contribution in [2.75, 3.05) is 7.11 Å². The summed E-state index contributed by atoms with van der Waals surface area (Å²) >= 11 is 5.13. The zero-order valence-electron chi connectivity index (χ0n) is 7.69. The quantitative estimate of drug-likeness (QED) is 0.489. The number of methoxy groups -OCH3 is 1. The van der Waals surface area contributed by atoms with Crippen molar-refractivity contribution in [3.8, 4) is 11.5 Å². The second-order valence-electron chi connectivity index (χ2n) is 2.57. The summed E-state index contributed by atoms with van der Waals surface area (Å²) in [4.78, 5) is 10.6. The van der Waals surface area contributed by atoms with Gasteiger partial charge in [0.25, 0.3) is 5.24 Å². The van der Waals surface area contributed by atoms with Crippen LogP contribution in [0, 0.1) is 0 Å². The highest BCUT2D eigenvalue weighted by Crippen LogP contribution is 2.24. The molecule has 0 atom stereocenters. The van der Waals surface area contributed by atoms with E-state index in [0.29, 0.717) is 5.75 Å². The topological polar surface area (TPSA) is 63.6 Å². The Labute approximate surface area is 94.5 Å². The Morgan fingerprint density at radius 3 is 2.60 bits per heavy atom. The lowest BCUT2D eigenvalue weighted by Gasteiger charge is -2.04. The Hall–Kier alpha value is -1.33. The second kappa shape index (κ2) is 4.95. The van der Waals surface area contributed by atoms with Gasteiger partial charge in [0, 0.05) is 11.6 Å². The molecule has 1 N–H and O–H groups in total. The highest BCUT2D eigenvalue weighted by Gasteiger charge is 2.15. The fraction of sp³-hybridized carbons (Fsp3) is 0.111. The van der Waals surface area contributed by atoms with Gasteiger partial charge in [0.1, 0.15) is 27.6 Å². The van der Waals surface area contributed by atoms with E-state index in [1.807, 2.05) is 0 Å². The van der Waals surface area contributed by atoms with Crippen molar-refractivity contribution in [3.05, 3.63) is 23.8 Å². The minimum absolute atomic E-state index is 0.0569. The van der Waals surface area contributed by atoms with Gasteiger partial charge in [0.15, 0.2) is 0 Å². The van der Waals surface area contributed by atoms with Crippen LogP contribution >= 0.6 is 11.6 Å². The number of phenols is 1. The molecule has 0 fully saturated rings. The standard InChI is InChI=1S/C9H7ClO4S/c1-14-5-2-3-6(7(11)4-5)8(15-13)9(10)12/h2-4,11H,1H3. The first-order chi connectivity index (χ1) is 7.10. The summed E-state index contributed by atoms with van der Waals surface area (Å²) in [5.41, 5.74) is 0.107. The average Bonchev–Trinajstić information content (AvgIpc) is 2.20. The Balaban J connectivity index is 3.27. The molecule has 0 aliphatic carbocycles. The molecule has 0 radical (unpaired) electrons. The molecular formula is C9H7ClO4S. The lowest BCUT2D eigenvalue weighted by Crippen LogP contribution is -2.09. The normalized spacial score (nSPS) is 9.47. The van der Waals surface area contributed by atoms with Crippen LogP contribution in [0.25, 0.3) is 0 Å². The minimum Gasteiger partial charge on any atom is -0.507 e. The average molecular weight is 247 g/mol. The molecule has 1 aromatic carbocycles. The van der Waals surface area contributed by atoms with Crippen LogP contribution in [-0.2, 0) is 16.1 Å². The van der Waals surface area contributed by atoms with E-state index in [4.69, 9.17) is 16.3 Å². The molecule has 0 unspecified atom stereocenters. The first-order valence-corrected chi connectivity index (χ1v) is 4.96. The van der Waals surface area contributed by atoms with Gasteiger partial charge >= 0.3 is 0 Å². The number of hydrogen-bond acceptors (Lipinski definition) is 4. The third-order valence-corrected chi connectivity index (χ3v) is 2.58. The van der Waals surface area contributed by atoms with E-state index in [2.05, 4.69) is 0 Å². The number of ether oxygens (including phenoxy) is 1. The van der Waals surface area contributed by atoms with Crippen LogP contribution < -0.4 is 4.74 Å². The van der Waals surface area contributed by atoms with E-state index >= 15 is 0 Å². The van der Waals surface area contributed by atoms with Crippen LogP contribution in [0.5, 0.6) is 11.5 Å². The maximum atomic E-state index is 10.8. The molecule has 0 saturated carbocycles. The number of hydrogen-bond donors (Lipinski definition) is 1. The van der Waals surface area contributed by atoms with Gasteiger partial charge in [-0.3, -0.25) is 4.79 Å². The van der Waals surface area contributed by atoms with Gasteiger partial charge in [-0.1, -0.05) is 0 Å². The highest BCUT2D eigenvalue weighted by atomic mass is 35.5. The zero-order chi connectivity index (χ0) is 11.4. The largest absolute Gasteiger partial charge is 0.507 e. The van der Waals surface area contributed by atoms with E-state index in [9.17, 15) is 14.1 Å². The van der Waals surface area contributed by atoms with Crippen LogP contribution in [0.15, 0.2) is 18.2 Å². The fourth-order valence-corrected chi connectivity index (χ4v) is 1.54. The Kier molecular flexibility index (Phi) is 3.88. The smallest absolute Gasteiger partial charge is 0.266 e. The predicted molar refractivity (Wildman–Crippen MR) is 57.8 cm³/mol. The van der Waals surface area contributed by atoms with Crippen molar-refractivity contribution in [1.82, 2.24) is 0 Å². The molecule has 0 heterocycles. The van der Waals surface area contributed by atoms with E-state index in [0.717, 1.165) is 0 Å². The van der Waals surface area contributed by atoms with E-state index in [1.165, 1.54) is 25.3 Å². The van der Waals surface area contributed by atoms with Gasteiger partial charge in [0.2, 0.25) is 0 Å². The number of aromatic hydroxyl groups is 1. The third kappa shape index (κ3) is 2.57. The van der Waals surface area contributed by atoms with Crippen LogP contribution in [0.4, 0.5) is 0 Å². The molecule has 0 aromatic heterocycles. The van der Waals surface area contributed by atoms with Crippen molar-refractivity contribution < 1.29 is 18.8 Å². The number of rotatable bonds is 3. The summed E-state index contributed by atoms with van der Waals surface area (Å²) in [5, 5.41) is 8.62. The second-order valence-corrected chi connectivity index (χ2v) is 3.49. The number of benzene rings is 1. The molecule has 0 saturated heterocycles. The molecule has 4 nitrogen and oxygen atoms in total. The van der Waals surface area contributed by atoms with Crippen molar-refractivity contribution in [2.24, 2.45) is 0 Å². The lowest BCUT2D eigenvalue weighted by atomic mass is 10.1. The number of carbonyl (C=O) groups excluding carboxylic acids is 1. The van der Waals surface area contributed by atoms with Crippen molar-refractivity contribution in [3.63, 3.8) is 0 Å². The SMILES string of the molecule is COc1ccc(C(=S=O)C(=O)Cl)c(O)c1. The van der Waals surface area contributed by atoms with E-state index in [-0.39, 0.29) is 27.4 Å². The van der Waals surface area contributed by atoms with Gasteiger partial charge < -0.3 is 9.84 Å². The Bertz CT molecular complexity index is 451. The van der Waals surface area contributed by atoms with Gasteiger partial charge in [-0.25, -0.2) is 4.21 Å². The first kappa shape index (κ1) is 11.7. The fourth-order valence-electron chi connectivity index (χ4n) is 1.01. The first-order valence-electron chi connectivity index (χ1n) is 3.84. The molecule has 0 aliphatic rings. The summed E-state index contributed by atoms with van der Waals surface area (Å²) in [6, 6.07) is 4.21. The monoisotopic (exact) mass is 246 g/mol. The third-order valence-electron chi connectivity index (χ3n) is 1.71. The molecular weight excluding hydrogens is 240 g/mol. The molecule has 0 spiro atoms. The van der Waals surface area contributed by atoms with Gasteiger partial charge in [-0.05, 0) is 23.7 Å². The van der Waals surface area contributed by atoms with Gasteiger partial charge in [-0.15, -0.1) is 0 Å². The van der Waals surface area contributed by atoms with E-state index < -0.39 is 5.24 Å². The van der Waals surface area contributed by atoms with Crippen molar-refractivity contribution in [1.29, 1.82) is 0 Å². The molecule has 6 heteroatoms. The van der Waals surface area contributed by atoms with Crippen molar-refractivity contribution >= 4 is 33.0 Å². The maximum Gasteiger partial charge on any atom is 0.266 e. The summed E-state index contributed by atoms with van der Waals surface area (Å²) in [6.07, 6.45) is 0. The zero-order valence-corrected chi connectivity index (χ0v) is 9.26. The molecule has 1 aromatic rings. The maximum absolute atomic E-state index is 10.8. The van der Waals surface area contributed by atoms with Crippen LogP contribution in [-0.4, -0.2) is 26.5 Å². The molecule has 0 amide bonds. The number of phenolic OH excluding ortho intramolecular Hbond substituents is 1. The molecule has 80 valence electrons. The summed E-state index contributed by atoms with van der Waals surface area (Å²) < 4.78 is 15.5. The van der Waals surface area contributed by atoms with Crippen LogP contribution in [0.3, 0.4) is 0 Å². The van der Waals surface area contributed by atoms with Gasteiger partial charge in [0.05, 0.1) is 7.11 Å².